The number of carbonyl (C=O) groups is 1. The number of nitrogens with zero attached hydrogens (tertiary/aromatic N) is 1. The van der Waals surface area contributed by atoms with Gasteiger partial charge in [0.25, 0.3) is 0 Å². The van der Waals surface area contributed by atoms with E-state index in [9.17, 15) is 4.79 Å². The molecule has 0 saturated heterocycles. The number of hydrogen-bond donors (Lipinski definition) is 2. The van der Waals surface area contributed by atoms with Gasteiger partial charge < -0.3 is 9.73 Å². The number of H-pyrrole nitrogens is 1. The van der Waals surface area contributed by atoms with Gasteiger partial charge in [-0.05, 0) is 18.6 Å². The lowest BCUT2D eigenvalue weighted by Crippen LogP contribution is -2.24. The lowest BCUT2D eigenvalue weighted by Gasteiger charge is -2.02. The van der Waals surface area contributed by atoms with E-state index in [1.165, 1.54) is 0 Å². The third kappa shape index (κ3) is 2.56. The van der Waals surface area contributed by atoms with E-state index in [4.69, 9.17) is 4.42 Å². The molecule has 0 fully saturated rings. The molecule has 3 rings (SSSR count). The summed E-state index contributed by atoms with van der Waals surface area (Å²) >= 11 is 0. The van der Waals surface area contributed by atoms with Crippen LogP contribution in [-0.4, -0.2) is 16.1 Å². The standard InChI is InChI=1S/C15H15N3O2/c1-10-2-3-13-12(9-20-14(13)4-10)5-15(19)16-6-11-7-17-18-8-11/h2-4,7-9H,5-6H2,1H3,(H,16,19)(H,17,18). The molecule has 0 aliphatic heterocycles. The number of hydrogen-bond acceptors (Lipinski definition) is 3. The number of amides is 1. The summed E-state index contributed by atoms with van der Waals surface area (Å²) in [6.07, 6.45) is 5.42. The van der Waals surface area contributed by atoms with Gasteiger partial charge in [0.05, 0.1) is 18.9 Å². The van der Waals surface area contributed by atoms with Crippen LogP contribution in [0.3, 0.4) is 0 Å². The van der Waals surface area contributed by atoms with Crippen LogP contribution >= 0.6 is 0 Å². The van der Waals surface area contributed by atoms with E-state index < -0.39 is 0 Å². The van der Waals surface area contributed by atoms with Crippen molar-refractivity contribution in [3.63, 3.8) is 0 Å². The summed E-state index contributed by atoms with van der Waals surface area (Å²) in [5.41, 5.74) is 3.82. The summed E-state index contributed by atoms with van der Waals surface area (Å²) in [4.78, 5) is 11.9. The maximum Gasteiger partial charge on any atom is 0.224 e. The van der Waals surface area contributed by atoms with Gasteiger partial charge in [0, 0.05) is 29.3 Å². The first-order valence-electron chi connectivity index (χ1n) is 6.43. The first-order valence-corrected chi connectivity index (χ1v) is 6.43. The molecular formula is C15H15N3O2. The number of aromatic nitrogens is 2. The summed E-state index contributed by atoms with van der Waals surface area (Å²) in [6, 6.07) is 5.99. The Balaban J connectivity index is 1.68. The molecule has 0 aliphatic carbocycles. The molecule has 0 aliphatic rings. The molecule has 2 N–H and O–H groups in total. The molecule has 0 unspecified atom stereocenters. The van der Waals surface area contributed by atoms with Crippen LogP contribution in [0.15, 0.2) is 41.3 Å². The number of carbonyl (C=O) groups excluding carboxylic acids is 1. The highest BCUT2D eigenvalue weighted by Gasteiger charge is 2.10. The molecule has 2 aromatic heterocycles. The number of furan rings is 1. The molecule has 102 valence electrons. The fourth-order valence-electron chi connectivity index (χ4n) is 2.14. The average molecular weight is 269 g/mol. The van der Waals surface area contributed by atoms with E-state index in [0.717, 1.165) is 27.7 Å². The smallest absolute Gasteiger partial charge is 0.224 e. The predicted octanol–water partition coefficient (Wildman–Crippen LogP) is 2.32. The monoisotopic (exact) mass is 269 g/mol. The summed E-state index contributed by atoms with van der Waals surface area (Å²) < 4.78 is 5.49. The molecular weight excluding hydrogens is 254 g/mol. The first-order chi connectivity index (χ1) is 9.72. The van der Waals surface area contributed by atoms with Gasteiger partial charge in [-0.25, -0.2) is 0 Å². The molecule has 3 aromatic rings. The number of benzene rings is 1. The Morgan fingerprint density at radius 1 is 1.45 bits per heavy atom. The molecule has 1 aromatic carbocycles. The van der Waals surface area contributed by atoms with Gasteiger partial charge in [0.2, 0.25) is 5.91 Å². The van der Waals surface area contributed by atoms with Gasteiger partial charge in [-0.1, -0.05) is 12.1 Å². The maximum atomic E-state index is 11.9. The minimum absolute atomic E-state index is 0.0329. The lowest BCUT2D eigenvalue weighted by atomic mass is 10.1. The van der Waals surface area contributed by atoms with Crippen LogP contribution in [0.1, 0.15) is 16.7 Å². The zero-order chi connectivity index (χ0) is 13.9. The normalized spacial score (nSPS) is 10.8. The quantitative estimate of drug-likeness (QED) is 0.763. The molecule has 5 nitrogen and oxygen atoms in total. The molecule has 5 heteroatoms. The Hall–Kier alpha value is -2.56. The minimum atomic E-state index is -0.0329. The van der Waals surface area contributed by atoms with Crippen molar-refractivity contribution in [1.29, 1.82) is 0 Å². The minimum Gasteiger partial charge on any atom is -0.464 e. The largest absolute Gasteiger partial charge is 0.464 e. The Kier molecular flexibility index (Phi) is 3.25. The van der Waals surface area contributed by atoms with Crippen LogP contribution in [0.2, 0.25) is 0 Å². The van der Waals surface area contributed by atoms with Gasteiger partial charge in [0.15, 0.2) is 0 Å². The second-order valence-electron chi connectivity index (χ2n) is 4.82. The van der Waals surface area contributed by atoms with E-state index in [1.54, 1.807) is 18.7 Å². The highest BCUT2D eigenvalue weighted by Crippen LogP contribution is 2.22. The van der Waals surface area contributed by atoms with Crippen molar-refractivity contribution in [2.45, 2.75) is 19.9 Å². The van der Waals surface area contributed by atoms with Crippen molar-refractivity contribution in [3.8, 4) is 0 Å². The fourth-order valence-corrected chi connectivity index (χ4v) is 2.14. The van der Waals surface area contributed by atoms with E-state index in [0.29, 0.717) is 13.0 Å². The number of nitrogens with one attached hydrogen (secondary N) is 2. The Bertz CT molecular complexity index is 729. The maximum absolute atomic E-state index is 11.9. The van der Waals surface area contributed by atoms with Gasteiger partial charge in [-0.3, -0.25) is 9.89 Å². The second kappa shape index (κ2) is 5.21. The van der Waals surface area contributed by atoms with Crippen molar-refractivity contribution >= 4 is 16.9 Å². The van der Waals surface area contributed by atoms with E-state index in [2.05, 4.69) is 15.5 Å². The molecule has 20 heavy (non-hydrogen) atoms. The van der Waals surface area contributed by atoms with Gasteiger partial charge in [-0.2, -0.15) is 5.10 Å². The number of rotatable bonds is 4. The molecule has 0 spiro atoms. The summed E-state index contributed by atoms with van der Waals surface area (Å²) in [7, 11) is 0. The van der Waals surface area contributed by atoms with Crippen molar-refractivity contribution in [2.75, 3.05) is 0 Å². The van der Waals surface area contributed by atoms with Gasteiger partial charge in [0.1, 0.15) is 5.58 Å². The molecule has 1 amide bonds. The van der Waals surface area contributed by atoms with Crippen LogP contribution in [-0.2, 0) is 17.8 Å². The molecule has 0 bridgehead atoms. The van der Waals surface area contributed by atoms with Gasteiger partial charge >= 0.3 is 0 Å². The summed E-state index contributed by atoms with van der Waals surface area (Å²) in [6.45, 7) is 2.49. The topological polar surface area (TPSA) is 70.9 Å². The molecule has 2 heterocycles. The Labute approximate surface area is 116 Å². The third-order valence-corrected chi connectivity index (χ3v) is 3.21. The van der Waals surface area contributed by atoms with E-state index in [-0.39, 0.29) is 5.91 Å². The number of fused-ring (bicyclic) bond motifs is 1. The summed E-state index contributed by atoms with van der Waals surface area (Å²) in [5, 5.41) is 10.4. The number of aromatic amines is 1. The van der Waals surface area contributed by atoms with Gasteiger partial charge in [-0.15, -0.1) is 0 Å². The summed E-state index contributed by atoms with van der Waals surface area (Å²) in [5.74, 6) is -0.0329. The van der Waals surface area contributed by atoms with E-state index in [1.807, 2.05) is 25.1 Å². The third-order valence-electron chi connectivity index (χ3n) is 3.21. The zero-order valence-corrected chi connectivity index (χ0v) is 11.1. The van der Waals surface area contributed by atoms with E-state index >= 15 is 0 Å². The van der Waals surface area contributed by atoms with Crippen molar-refractivity contribution in [3.05, 3.63) is 53.5 Å². The Morgan fingerprint density at radius 3 is 3.15 bits per heavy atom. The highest BCUT2D eigenvalue weighted by molar-refractivity contribution is 5.87. The zero-order valence-electron chi connectivity index (χ0n) is 11.1. The van der Waals surface area contributed by atoms with Crippen LogP contribution in [0.25, 0.3) is 11.0 Å². The van der Waals surface area contributed by atoms with Crippen LogP contribution in [0, 0.1) is 6.92 Å². The van der Waals surface area contributed by atoms with Crippen LogP contribution < -0.4 is 5.32 Å². The van der Waals surface area contributed by atoms with Crippen LogP contribution in [0.5, 0.6) is 0 Å². The fraction of sp³-hybridized carbons (Fsp3) is 0.200. The highest BCUT2D eigenvalue weighted by atomic mass is 16.3. The molecule has 0 saturated carbocycles. The lowest BCUT2D eigenvalue weighted by molar-refractivity contribution is -0.120. The second-order valence-corrected chi connectivity index (χ2v) is 4.82. The first kappa shape index (κ1) is 12.5. The van der Waals surface area contributed by atoms with Crippen molar-refractivity contribution in [1.82, 2.24) is 15.5 Å². The Morgan fingerprint density at radius 2 is 2.35 bits per heavy atom. The van der Waals surface area contributed by atoms with Crippen molar-refractivity contribution < 1.29 is 9.21 Å². The average Bonchev–Trinajstić information content (AvgIpc) is 3.06. The molecule has 0 atom stereocenters. The molecule has 0 radical (unpaired) electrons. The van der Waals surface area contributed by atoms with Crippen molar-refractivity contribution in [2.24, 2.45) is 0 Å². The number of aryl methyl sites for hydroxylation is 1. The predicted molar refractivity (Wildman–Crippen MR) is 75.1 cm³/mol. The van der Waals surface area contributed by atoms with Crippen LogP contribution in [0.4, 0.5) is 0 Å². The SMILES string of the molecule is Cc1ccc2c(CC(=O)NCc3cn[nH]c3)coc2c1.